The molecule has 0 atom stereocenters. The van der Waals surface area contributed by atoms with Crippen LogP contribution in [-0.4, -0.2) is 17.8 Å². The molecule has 0 saturated heterocycles. The first-order valence-electron chi connectivity index (χ1n) is 5.33. The van der Waals surface area contributed by atoms with Crippen molar-refractivity contribution in [1.29, 1.82) is 0 Å². The minimum Gasteiger partial charge on any atom is -0.298 e. The van der Waals surface area contributed by atoms with Crippen molar-refractivity contribution < 1.29 is 4.79 Å². The van der Waals surface area contributed by atoms with E-state index >= 15 is 0 Å². The fourth-order valence-electron chi connectivity index (χ4n) is 1.63. The predicted octanol–water partition coefficient (Wildman–Crippen LogP) is 4.06. The van der Waals surface area contributed by atoms with Gasteiger partial charge in [0.05, 0.1) is 0 Å². The Labute approximate surface area is 105 Å². The molecule has 0 saturated carbocycles. The molecule has 16 heavy (non-hydrogen) atoms. The van der Waals surface area contributed by atoms with Crippen LogP contribution in [0.3, 0.4) is 0 Å². The number of allylic oxidation sites excluding steroid dienone is 1. The van der Waals surface area contributed by atoms with Gasteiger partial charge in [-0.25, -0.2) is 0 Å². The lowest BCUT2D eigenvalue weighted by Crippen LogP contribution is -1.85. The van der Waals surface area contributed by atoms with Crippen LogP contribution in [0.15, 0.2) is 29.2 Å². The summed E-state index contributed by atoms with van der Waals surface area (Å²) in [6.45, 7) is 2.19. The van der Waals surface area contributed by atoms with Crippen LogP contribution in [0, 0.1) is 0 Å². The van der Waals surface area contributed by atoms with Crippen LogP contribution >= 0.6 is 23.5 Å². The van der Waals surface area contributed by atoms with Crippen LogP contribution in [0.2, 0.25) is 0 Å². The SMILES string of the molecule is CC1=C(c2ccc(C=O)cc2)SCCCS1. The molecule has 0 radical (unpaired) electrons. The zero-order valence-electron chi connectivity index (χ0n) is 9.23. The number of hydrogen-bond donors (Lipinski definition) is 0. The maximum atomic E-state index is 10.6. The number of benzene rings is 1. The fraction of sp³-hybridized carbons (Fsp3) is 0.308. The second-order valence-electron chi connectivity index (χ2n) is 3.68. The minimum absolute atomic E-state index is 0.744. The smallest absolute Gasteiger partial charge is 0.150 e. The Bertz CT molecular complexity index is 406. The average Bonchev–Trinajstić information content (AvgIpc) is 2.54. The van der Waals surface area contributed by atoms with Crippen LogP contribution in [0.1, 0.15) is 29.3 Å². The molecule has 0 bridgehead atoms. The van der Waals surface area contributed by atoms with E-state index in [2.05, 4.69) is 6.92 Å². The van der Waals surface area contributed by atoms with Gasteiger partial charge in [0, 0.05) is 10.5 Å². The van der Waals surface area contributed by atoms with Gasteiger partial charge in [-0.15, -0.1) is 23.5 Å². The summed E-state index contributed by atoms with van der Waals surface area (Å²) in [5.74, 6) is 2.41. The molecular weight excluding hydrogens is 236 g/mol. The predicted molar refractivity (Wildman–Crippen MR) is 74.0 cm³/mol. The van der Waals surface area contributed by atoms with Gasteiger partial charge in [-0.3, -0.25) is 4.79 Å². The first-order valence-corrected chi connectivity index (χ1v) is 7.30. The van der Waals surface area contributed by atoms with Gasteiger partial charge < -0.3 is 0 Å². The summed E-state index contributed by atoms with van der Waals surface area (Å²) < 4.78 is 0. The summed E-state index contributed by atoms with van der Waals surface area (Å²) in [4.78, 5) is 13.4. The lowest BCUT2D eigenvalue weighted by Gasteiger charge is -2.08. The Balaban J connectivity index is 2.30. The summed E-state index contributed by atoms with van der Waals surface area (Å²) in [6, 6.07) is 7.86. The van der Waals surface area contributed by atoms with E-state index in [4.69, 9.17) is 0 Å². The fourth-order valence-corrected chi connectivity index (χ4v) is 4.00. The molecule has 1 aromatic rings. The third-order valence-corrected chi connectivity index (χ3v) is 5.06. The number of hydrogen-bond acceptors (Lipinski definition) is 3. The van der Waals surface area contributed by atoms with Crippen LogP contribution in [0.5, 0.6) is 0 Å². The van der Waals surface area contributed by atoms with Gasteiger partial charge in [0.2, 0.25) is 0 Å². The van der Waals surface area contributed by atoms with Gasteiger partial charge in [-0.2, -0.15) is 0 Å². The summed E-state index contributed by atoms with van der Waals surface area (Å²) >= 11 is 3.87. The van der Waals surface area contributed by atoms with Crippen molar-refractivity contribution in [1.82, 2.24) is 0 Å². The standard InChI is InChI=1S/C13H14OS2/c1-10-13(16-8-2-7-15-10)12-5-3-11(9-14)4-6-12/h3-6,9H,2,7-8H2,1H3. The van der Waals surface area contributed by atoms with Gasteiger partial charge in [-0.05, 0) is 35.3 Å². The van der Waals surface area contributed by atoms with Crippen LogP contribution in [-0.2, 0) is 0 Å². The molecule has 0 unspecified atom stereocenters. The molecule has 3 heteroatoms. The molecule has 0 amide bonds. The Hall–Kier alpha value is -0.670. The van der Waals surface area contributed by atoms with Crippen molar-refractivity contribution in [2.24, 2.45) is 0 Å². The molecule has 0 aromatic heterocycles. The number of carbonyl (C=O) groups is 1. The van der Waals surface area contributed by atoms with Crippen molar-refractivity contribution in [2.75, 3.05) is 11.5 Å². The summed E-state index contributed by atoms with van der Waals surface area (Å²) in [5, 5.41) is 0. The highest BCUT2D eigenvalue weighted by molar-refractivity contribution is 8.11. The molecule has 1 nitrogen and oxygen atoms in total. The largest absolute Gasteiger partial charge is 0.298 e. The van der Waals surface area contributed by atoms with E-state index in [1.54, 1.807) is 0 Å². The van der Waals surface area contributed by atoms with Gasteiger partial charge >= 0.3 is 0 Å². The van der Waals surface area contributed by atoms with E-state index in [0.717, 1.165) is 11.8 Å². The van der Waals surface area contributed by atoms with E-state index < -0.39 is 0 Å². The lowest BCUT2D eigenvalue weighted by atomic mass is 10.1. The van der Waals surface area contributed by atoms with E-state index in [-0.39, 0.29) is 0 Å². The summed E-state index contributed by atoms with van der Waals surface area (Å²) in [7, 11) is 0. The van der Waals surface area contributed by atoms with Crippen molar-refractivity contribution in [3.8, 4) is 0 Å². The molecule has 0 N–H and O–H groups in total. The van der Waals surface area contributed by atoms with E-state index in [1.807, 2.05) is 47.8 Å². The van der Waals surface area contributed by atoms with E-state index in [0.29, 0.717) is 0 Å². The zero-order valence-corrected chi connectivity index (χ0v) is 10.9. The monoisotopic (exact) mass is 250 g/mol. The second-order valence-corrected chi connectivity index (χ2v) is 6.09. The molecule has 0 fully saturated rings. The number of carbonyl (C=O) groups excluding carboxylic acids is 1. The van der Waals surface area contributed by atoms with Crippen LogP contribution in [0.25, 0.3) is 4.91 Å². The first-order chi connectivity index (χ1) is 7.81. The molecule has 1 aliphatic heterocycles. The van der Waals surface area contributed by atoms with E-state index in [1.165, 1.54) is 33.3 Å². The zero-order chi connectivity index (χ0) is 11.4. The molecule has 0 aliphatic carbocycles. The molecule has 84 valence electrons. The highest BCUT2D eigenvalue weighted by atomic mass is 32.2. The number of rotatable bonds is 2. The topological polar surface area (TPSA) is 17.1 Å². The van der Waals surface area contributed by atoms with E-state index in [9.17, 15) is 4.79 Å². The summed E-state index contributed by atoms with van der Waals surface area (Å²) in [5.41, 5.74) is 1.98. The lowest BCUT2D eigenvalue weighted by molar-refractivity contribution is 0.112. The number of thioether (sulfide) groups is 2. The maximum absolute atomic E-state index is 10.6. The quantitative estimate of drug-likeness (QED) is 0.737. The Morgan fingerprint density at radius 2 is 1.81 bits per heavy atom. The van der Waals surface area contributed by atoms with Gasteiger partial charge in [0.15, 0.2) is 0 Å². The highest BCUT2D eigenvalue weighted by Crippen LogP contribution is 2.38. The van der Waals surface area contributed by atoms with Gasteiger partial charge in [0.1, 0.15) is 6.29 Å². The normalized spacial score (nSPS) is 17.1. The first kappa shape index (κ1) is 11.8. The minimum atomic E-state index is 0.744. The van der Waals surface area contributed by atoms with Crippen LogP contribution < -0.4 is 0 Å². The molecule has 2 rings (SSSR count). The Kier molecular flexibility index (Phi) is 4.13. The number of aldehydes is 1. The molecule has 0 spiro atoms. The van der Waals surface area contributed by atoms with Crippen molar-refractivity contribution in [3.63, 3.8) is 0 Å². The average molecular weight is 250 g/mol. The Morgan fingerprint density at radius 1 is 1.12 bits per heavy atom. The van der Waals surface area contributed by atoms with Crippen molar-refractivity contribution >= 4 is 34.7 Å². The molecule has 1 aromatic carbocycles. The second kappa shape index (κ2) is 5.60. The third-order valence-electron chi connectivity index (χ3n) is 2.48. The highest BCUT2D eigenvalue weighted by Gasteiger charge is 2.10. The third kappa shape index (κ3) is 2.71. The Morgan fingerprint density at radius 3 is 2.50 bits per heavy atom. The molecule has 1 heterocycles. The van der Waals surface area contributed by atoms with Gasteiger partial charge in [0.25, 0.3) is 0 Å². The van der Waals surface area contributed by atoms with Gasteiger partial charge in [-0.1, -0.05) is 24.3 Å². The maximum Gasteiger partial charge on any atom is 0.150 e. The summed E-state index contributed by atoms with van der Waals surface area (Å²) in [6.07, 6.45) is 2.16. The van der Waals surface area contributed by atoms with Crippen molar-refractivity contribution in [3.05, 3.63) is 40.3 Å². The molecule has 1 aliphatic rings. The molecular formula is C13H14OS2. The van der Waals surface area contributed by atoms with Crippen molar-refractivity contribution in [2.45, 2.75) is 13.3 Å². The van der Waals surface area contributed by atoms with Crippen LogP contribution in [0.4, 0.5) is 0 Å².